The summed E-state index contributed by atoms with van der Waals surface area (Å²) in [6.07, 6.45) is 3.01. The summed E-state index contributed by atoms with van der Waals surface area (Å²) in [4.78, 5) is 4.26. The van der Waals surface area contributed by atoms with Crippen LogP contribution in [0.3, 0.4) is 0 Å². The van der Waals surface area contributed by atoms with Crippen LogP contribution >= 0.6 is 0 Å². The molecule has 0 bridgehead atoms. The van der Waals surface area contributed by atoms with Crippen LogP contribution in [0.4, 0.5) is 11.6 Å². The van der Waals surface area contributed by atoms with Crippen LogP contribution in [0.2, 0.25) is 0 Å². The van der Waals surface area contributed by atoms with E-state index in [1.807, 2.05) is 66.1 Å². The van der Waals surface area contributed by atoms with E-state index < -0.39 is 6.10 Å². The van der Waals surface area contributed by atoms with Crippen molar-refractivity contribution in [2.24, 2.45) is 10.2 Å². The standard InChI is InChI=1S/C21H22N4O3/c1-15-7-9-17(10-8-15)27-18-13-20(28-19(18)14-26)25-12-11-22-21(25)24-23-16-5-3-2-4-6-16/h2-12,18-20,26H,13-14H2,1H3/t18-,19+,20+/m0/s1. The number of imidazole rings is 1. The fraction of sp³-hybridized carbons (Fsp3) is 0.286. The third-order valence-corrected chi connectivity index (χ3v) is 4.64. The number of ether oxygens (including phenoxy) is 2. The molecule has 0 saturated carbocycles. The van der Waals surface area contributed by atoms with E-state index in [0.717, 1.165) is 11.4 Å². The maximum Gasteiger partial charge on any atom is 0.251 e. The van der Waals surface area contributed by atoms with E-state index >= 15 is 0 Å². The number of nitrogens with zero attached hydrogens (tertiary/aromatic N) is 4. The van der Waals surface area contributed by atoms with Crippen LogP contribution in [0.15, 0.2) is 77.2 Å². The normalized spacial score (nSPS) is 22.0. The third-order valence-electron chi connectivity index (χ3n) is 4.64. The van der Waals surface area contributed by atoms with E-state index in [4.69, 9.17) is 9.47 Å². The Morgan fingerprint density at radius 1 is 1.14 bits per heavy atom. The molecule has 3 aromatic rings. The average Bonchev–Trinajstić information content (AvgIpc) is 3.35. The number of azo groups is 1. The first kappa shape index (κ1) is 18.3. The number of aliphatic hydroxyl groups excluding tert-OH is 1. The largest absolute Gasteiger partial charge is 0.487 e. The molecule has 1 saturated heterocycles. The highest BCUT2D eigenvalue weighted by atomic mass is 16.6. The van der Waals surface area contributed by atoms with E-state index in [9.17, 15) is 5.11 Å². The van der Waals surface area contributed by atoms with Crippen LogP contribution in [0.25, 0.3) is 0 Å². The molecule has 1 aromatic heterocycles. The second-order valence-corrected chi connectivity index (χ2v) is 6.69. The van der Waals surface area contributed by atoms with Crippen LogP contribution in [0, 0.1) is 6.92 Å². The van der Waals surface area contributed by atoms with Gasteiger partial charge in [0.1, 0.15) is 24.2 Å². The van der Waals surface area contributed by atoms with Gasteiger partial charge in [0.05, 0.1) is 12.3 Å². The maximum absolute atomic E-state index is 9.72. The van der Waals surface area contributed by atoms with Crippen molar-refractivity contribution >= 4 is 11.6 Å². The van der Waals surface area contributed by atoms with Crippen molar-refractivity contribution in [3.8, 4) is 5.75 Å². The number of rotatable bonds is 6. The Labute approximate surface area is 163 Å². The number of benzene rings is 2. The van der Waals surface area contributed by atoms with Crippen molar-refractivity contribution < 1.29 is 14.6 Å². The zero-order valence-electron chi connectivity index (χ0n) is 15.5. The van der Waals surface area contributed by atoms with Crippen molar-refractivity contribution in [1.82, 2.24) is 9.55 Å². The van der Waals surface area contributed by atoms with Crippen molar-refractivity contribution in [2.75, 3.05) is 6.61 Å². The van der Waals surface area contributed by atoms with Gasteiger partial charge in [-0.25, -0.2) is 4.98 Å². The van der Waals surface area contributed by atoms with Gasteiger partial charge in [0.2, 0.25) is 0 Å². The molecule has 28 heavy (non-hydrogen) atoms. The lowest BCUT2D eigenvalue weighted by atomic mass is 10.1. The monoisotopic (exact) mass is 378 g/mol. The lowest BCUT2D eigenvalue weighted by molar-refractivity contribution is -0.0398. The Bertz CT molecular complexity index is 924. The fourth-order valence-corrected chi connectivity index (χ4v) is 3.16. The highest BCUT2D eigenvalue weighted by Gasteiger charge is 2.38. The molecule has 1 aliphatic rings. The molecule has 0 spiro atoms. The highest BCUT2D eigenvalue weighted by Crippen LogP contribution is 2.34. The van der Waals surface area contributed by atoms with Crippen molar-refractivity contribution in [2.45, 2.75) is 31.8 Å². The Morgan fingerprint density at radius 3 is 2.68 bits per heavy atom. The molecule has 0 amide bonds. The molecule has 1 N–H and O–H groups in total. The zero-order chi connectivity index (χ0) is 19.3. The van der Waals surface area contributed by atoms with Gasteiger partial charge in [0.25, 0.3) is 5.95 Å². The topological polar surface area (TPSA) is 81.2 Å². The van der Waals surface area contributed by atoms with E-state index in [1.54, 1.807) is 12.4 Å². The molecule has 1 aliphatic heterocycles. The van der Waals surface area contributed by atoms with Gasteiger partial charge in [-0.05, 0) is 31.2 Å². The van der Waals surface area contributed by atoms with Crippen LogP contribution in [-0.2, 0) is 4.74 Å². The van der Waals surface area contributed by atoms with E-state index in [-0.39, 0.29) is 18.9 Å². The summed E-state index contributed by atoms with van der Waals surface area (Å²) in [5.41, 5.74) is 1.91. The SMILES string of the molecule is Cc1ccc(O[C@H]2C[C@H](n3ccnc3N=Nc3ccccc3)O[C@@H]2CO)cc1. The quantitative estimate of drug-likeness (QED) is 0.647. The minimum atomic E-state index is -0.424. The number of hydrogen-bond donors (Lipinski definition) is 1. The van der Waals surface area contributed by atoms with Gasteiger partial charge >= 0.3 is 0 Å². The molecule has 0 aliphatic carbocycles. The van der Waals surface area contributed by atoms with Crippen LogP contribution in [0.1, 0.15) is 18.2 Å². The van der Waals surface area contributed by atoms with Gasteiger partial charge in [0, 0.05) is 18.8 Å². The molecule has 2 aromatic carbocycles. The molecular weight excluding hydrogens is 356 g/mol. The molecule has 0 radical (unpaired) electrons. The summed E-state index contributed by atoms with van der Waals surface area (Å²) < 4.78 is 13.9. The van der Waals surface area contributed by atoms with Crippen molar-refractivity contribution in [3.05, 3.63) is 72.6 Å². The smallest absolute Gasteiger partial charge is 0.251 e. The molecule has 144 valence electrons. The predicted octanol–water partition coefficient (Wildman–Crippen LogP) is 4.33. The first-order valence-electron chi connectivity index (χ1n) is 9.22. The first-order valence-corrected chi connectivity index (χ1v) is 9.22. The maximum atomic E-state index is 9.72. The van der Waals surface area contributed by atoms with Crippen molar-refractivity contribution in [3.63, 3.8) is 0 Å². The predicted molar refractivity (Wildman–Crippen MR) is 104 cm³/mol. The molecule has 7 heteroatoms. The summed E-state index contributed by atoms with van der Waals surface area (Å²) in [5, 5.41) is 18.2. The summed E-state index contributed by atoms with van der Waals surface area (Å²) in [7, 11) is 0. The van der Waals surface area contributed by atoms with Gasteiger partial charge in [0.15, 0.2) is 0 Å². The molecule has 3 atom stereocenters. The van der Waals surface area contributed by atoms with E-state index in [1.165, 1.54) is 5.56 Å². The second kappa shape index (κ2) is 8.33. The van der Waals surface area contributed by atoms with Gasteiger partial charge in [-0.2, -0.15) is 0 Å². The molecule has 0 unspecified atom stereocenters. The van der Waals surface area contributed by atoms with Gasteiger partial charge < -0.3 is 14.6 Å². The summed E-state index contributed by atoms with van der Waals surface area (Å²) >= 11 is 0. The Kier molecular flexibility index (Phi) is 5.45. The first-order chi connectivity index (χ1) is 13.7. The Morgan fingerprint density at radius 2 is 1.93 bits per heavy atom. The lowest BCUT2D eigenvalue weighted by Gasteiger charge is -2.17. The van der Waals surface area contributed by atoms with Crippen LogP contribution in [0.5, 0.6) is 5.75 Å². The molecular formula is C21H22N4O3. The van der Waals surface area contributed by atoms with Gasteiger partial charge in [-0.3, -0.25) is 4.57 Å². The Balaban J connectivity index is 1.49. The fourth-order valence-electron chi connectivity index (χ4n) is 3.16. The zero-order valence-corrected chi connectivity index (χ0v) is 15.5. The summed E-state index contributed by atoms with van der Waals surface area (Å²) in [6, 6.07) is 17.3. The van der Waals surface area contributed by atoms with Gasteiger partial charge in [-0.15, -0.1) is 10.2 Å². The van der Waals surface area contributed by atoms with Crippen LogP contribution in [-0.4, -0.2) is 33.5 Å². The Hall–Kier alpha value is -3.03. The number of hydrogen-bond acceptors (Lipinski definition) is 6. The minimum Gasteiger partial charge on any atom is -0.487 e. The third kappa shape index (κ3) is 4.11. The minimum absolute atomic E-state index is 0.122. The van der Waals surface area contributed by atoms with Gasteiger partial charge in [-0.1, -0.05) is 35.9 Å². The number of aryl methyl sites for hydroxylation is 1. The second-order valence-electron chi connectivity index (χ2n) is 6.69. The summed E-state index contributed by atoms with van der Waals surface area (Å²) in [5.74, 6) is 1.20. The number of aliphatic hydroxyl groups is 1. The molecule has 7 nitrogen and oxygen atoms in total. The molecule has 4 rings (SSSR count). The summed E-state index contributed by atoms with van der Waals surface area (Å²) in [6.45, 7) is 1.90. The molecule has 2 heterocycles. The lowest BCUT2D eigenvalue weighted by Crippen LogP contribution is -2.30. The van der Waals surface area contributed by atoms with Crippen molar-refractivity contribution in [1.29, 1.82) is 0 Å². The number of aromatic nitrogens is 2. The highest BCUT2D eigenvalue weighted by molar-refractivity contribution is 5.35. The average molecular weight is 378 g/mol. The molecule has 1 fully saturated rings. The van der Waals surface area contributed by atoms with E-state index in [0.29, 0.717) is 12.4 Å². The van der Waals surface area contributed by atoms with Crippen LogP contribution < -0.4 is 4.74 Å². The van der Waals surface area contributed by atoms with E-state index in [2.05, 4.69) is 15.2 Å².